The Kier molecular flexibility index (Phi) is 2.87. The second-order valence-corrected chi connectivity index (χ2v) is 4.73. The zero-order chi connectivity index (χ0) is 13.4. The Balaban J connectivity index is 2.06. The molecule has 0 aliphatic heterocycles. The Labute approximate surface area is 114 Å². The molecule has 0 atom stereocenters. The molecular weight excluding hydrogens is 265 g/mol. The quantitative estimate of drug-likeness (QED) is 0.778. The van der Waals surface area contributed by atoms with Crippen molar-refractivity contribution in [3.8, 4) is 0 Å². The second-order valence-electron chi connectivity index (χ2n) is 4.30. The van der Waals surface area contributed by atoms with Gasteiger partial charge in [-0.2, -0.15) is 5.10 Å². The first kappa shape index (κ1) is 12.0. The fourth-order valence-corrected chi connectivity index (χ4v) is 2.24. The van der Waals surface area contributed by atoms with Crippen LogP contribution in [0.25, 0.3) is 10.9 Å². The fourth-order valence-electron chi connectivity index (χ4n) is 2.08. The van der Waals surface area contributed by atoms with Crippen molar-refractivity contribution in [1.29, 1.82) is 0 Å². The number of fused-ring (bicyclic) bond motifs is 1. The minimum absolute atomic E-state index is 0.320. The molecule has 3 rings (SSSR count). The molecule has 0 fully saturated rings. The van der Waals surface area contributed by atoms with Crippen LogP contribution in [0.1, 0.15) is 5.56 Å². The molecule has 19 heavy (non-hydrogen) atoms. The number of para-hydroxylation sites is 1. The Morgan fingerprint density at radius 1 is 1.21 bits per heavy atom. The van der Waals surface area contributed by atoms with E-state index in [2.05, 4.69) is 5.10 Å². The van der Waals surface area contributed by atoms with E-state index in [4.69, 9.17) is 17.3 Å². The summed E-state index contributed by atoms with van der Waals surface area (Å²) in [6.07, 6.45) is 0. The molecule has 2 aromatic carbocycles. The molecule has 0 aliphatic rings. The van der Waals surface area contributed by atoms with Gasteiger partial charge in [-0.3, -0.25) is 4.68 Å². The molecule has 2 N–H and O–H groups in total. The summed E-state index contributed by atoms with van der Waals surface area (Å²) in [5.74, 6) is 0.107. The zero-order valence-electron chi connectivity index (χ0n) is 9.98. The van der Waals surface area contributed by atoms with Gasteiger partial charge < -0.3 is 5.73 Å². The number of nitrogens with zero attached hydrogens (tertiary/aromatic N) is 2. The van der Waals surface area contributed by atoms with Gasteiger partial charge in [0.2, 0.25) is 0 Å². The van der Waals surface area contributed by atoms with E-state index in [1.165, 1.54) is 6.07 Å². The lowest BCUT2D eigenvalue weighted by Gasteiger charge is -2.05. The number of hydrogen-bond donors (Lipinski definition) is 1. The Bertz CT molecular complexity index is 752. The SMILES string of the molecule is Nc1nn(Cc2ccc(Cl)cc2F)c2ccccc12. The van der Waals surface area contributed by atoms with Crippen LogP contribution in [0.3, 0.4) is 0 Å². The van der Waals surface area contributed by atoms with E-state index in [9.17, 15) is 4.39 Å². The number of nitrogens with two attached hydrogens (primary N) is 1. The minimum Gasteiger partial charge on any atom is -0.382 e. The lowest BCUT2D eigenvalue weighted by atomic mass is 10.2. The normalized spacial score (nSPS) is 11.1. The van der Waals surface area contributed by atoms with E-state index in [1.54, 1.807) is 16.8 Å². The highest BCUT2D eigenvalue weighted by Gasteiger charge is 2.10. The van der Waals surface area contributed by atoms with Gasteiger partial charge in [0.1, 0.15) is 5.82 Å². The van der Waals surface area contributed by atoms with E-state index >= 15 is 0 Å². The second kappa shape index (κ2) is 4.55. The monoisotopic (exact) mass is 275 g/mol. The predicted molar refractivity (Wildman–Crippen MR) is 74.7 cm³/mol. The number of rotatable bonds is 2. The number of halogens is 2. The number of anilines is 1. The smallest absolute Gasteiger partial charge is 0.153 e. The summed E-state index contributed by atoms with van der Waals surface area (Å²) in [5, 5.41) is 5.50. The molecule has 0 saturated heterocycles. The zero-order valence-corrected chi connectivity index (χ0v) is 10.7. The van der Waals surface area contributed by atoms with E-state index < -0.39 is 0 Å². The number of aromatic nitrogens is 2. The topological polar surface area (TPSA) is 43.8 Å². The van der Waals surface area contributed by atoms with Crippen LogP contribution in [0, 0.1) is 5.82 Å². The standard InChI is InChI=1S/C14H11ClFN3/c15-10-6-5-9(12(16)7-10)8-19-13-4-2-1-3-11(13)14(17)18-19/h1-7H,8H2,(H2,17,18). The van der Waals surface area contributed by atoms with Crippen LogP contribution in [-0.2, 0) is 6.54 Å². The summed E-state index contributed by atoms with van der Waals surface area (Å²) in [6.45, 7) is 0.320. The largest absolute Gasteiger partial charge is 0.382 e. The molecule has 0 radical (unpaired) electrons. The van der Waals surface area contributed by atoms with Crippen LogP contribution in [0.4, 0.5) is 10.2 Å². The molecule has 96 valence electrons. The van der Waals surface area contributed by atoms with Gasteiger partial charge in [-0.25, -0.2) is 4.39 Å². The van der Waals surface area contributed by atoms with Crippen molar-refractivity contribution >= 4 is 28.3 Å². The molecule has 0 spiro atoms. The minimum atomic E-state index is -0.342. The summed E-state index contributed by atoms with van der Waals surface area (Å²) in [5.41, 5.74) is 7.26. The molecule has 3 nitrogen and oxygen atoms in total. The first-order valence-corrected chi connectivity index (χ1v) is 6.18. The van der Waals surface area contributed by atoms with E-state index in [-0.39, 0.29) is 5.82 Å². The molecule has 1 heterocycles. The molecular formula is C14H11ClFN3. The number of hydrogen-bond acceptors (Lipinski definition) is 2. The summed E-state index contributed by atoms with van der Waals surface area (Å²) < 4.78 is 15.5. The van der Waals surface area contributed by atoms with Gasteiger partial charge in [-0.1, -0.05) is 29.8 Å². The van der Waals surface area contributed by atoms with E-state index in [0.717, 1.165) is 10.9 Å². The maximum absolute atomic E-state index is 13.8. The van der Waals surface area contributed by atoms with Crippen molar-refractivity contribution in [3.05, 3.63) is 58.9 Å². The average molecular weight is 276 g/mol. The molecule has 0 saturated carbocycles. The van der Waals surface area contributed by atoms with Gasteiger partial charge in [0.15, 0.2) is 5.82 Å². The van der Waals surface area contributed by atoms with Crippen molar-refractivity contribution in [2.75, 3.05) is 5.73 Å². The third-order valence-corrected chi connectivity index (χ3v) is 3.26. The first-order valence-electron chi connectivity index (χ1n) is 5.80. The molecule has 0 aliphatic carbocycles. The lowest BCUT2D eigenvalue weighted by Crippen LogP contribution is -2.04. The van der Waals surface area contributed by atoms with Crippen molar-refractivity contribution in [1.82, 2.24) is 9.78 Å². The number of benzene rings is 2. The third kappa shape index (κ3) is 2.15. The van der Waals surface area contributed by atoms with Crippen LogP contribution >= 0.6 is 11.6 Å². The summed E-state index contributed by atoms with van der Waals surface area (Å²) in [7, 11) is 0. The van der Waals surface area contributed by atoms with Gasteiger partial charge in [0, 0.05) is 16.0 Å². The van der Waals surface area contributed by atoms with E-state index in [0.29, 0.717) is 22.9 Å². The maximum Gasteiger partial charge on any atom is 0.153 e. The molecule has 1 aromatic heterocycles. The van der Waals surface area contributed by atoms with Crippen LogP contribution < -0.4 is 5.73 Å². The molecule has 5 heteroatoms. The van der Waals surface area contributed by atoms with Crippen molar-refractivity contribution in [2.24, 2.45) is 0 Å². The summed E-state index contributed by atoms with van der Waals surface area (Å²) >= 11 is 5.74. The average Bonchev–Trinajstić information content (AvgIpc) is 2.71. The van der Waals surface area contributed by atoms with E-state index in [1.807, 2.05) is 24.3 Å². The fraction of sp³-hybridized carbons (Fsp3) is 0.0714. The van der Waals surface area contributed by atoms with Crippen LogP contribution in [-0.4, -0.2) is 9.78 Å². The number of nitrogen functional groups attached to an aromatic ring is 1. The summed E-state index contributed by atoms with van der Waals surface area (Å²) in [6, 6.07) is 12.2. The Hall–Kier alpha value is -2.07. The highest BCUT2D eigenvalue weighted by Crippen LogP contribution is 2.22. The summed E-state index contributed by atoms with van der Waals surface area (Å²) in [4.78, 5) is 0. The molecule has 0 bridgehead atoms. The van der Waals surface area contributed by atoms with Gasteiger partial charge in [-0.05, 0) is 24.3 Å². The lowest BCUT2D eigenvalue weighted by molar-refractivity contribution is 0.591. The van der Waals surface area contributed by atoms with Crippen LogP contribution in [0.15, 0.2) is 42.5 Å². The van der Waals surface area contributed by atoms with Gasteiger partial charge in [-0.15, -0.1) is 0 Å². The molecule has 0 amide bonds. The first-order chi connectivity index (χ1) is 9.15. The van der Waals surface area contributed by atoms with Crippen molar-refractivity contribution in [3.63, 3.8) is 0 Å². The van der Waals surface area contributed by atoms with Gasteiger partial charge in [0.25, 0.3) is 0 Å². The third-order valence-electron chi connectivity index (χ3n) is 3.02. The van der Waals surface area contributed by atoms with Gasteiger partial charge >= 0.3 is 0 Å². The molecule has 0 unspecified atom stereocenters. The predicted octanol–water partition coefficient (Wildman–Crippen LogP) is 3.46. The van der Waals surface area contributed by atoms with Crippen molar-refractivity contribution < 1.29 is 4.39 Å². The maximum atomic E-state index is 13.8. The highest BCUT2D eigenvalue weighted by molar-refractivity contribution is 6.30. The molecule has 3 aromatic rings. The van der Waals surface area contributed by atoms with Crippen LogP contribution in [0.5, 0.6) is 0 Å². The highest BCUT2D eigenvalue weighted by atomic mass is 35.5. The Morgan fingerprint density at radius 3 is 2.79 bits per heavy atom. The Morgan fingerprint density at radius 2 is 2.00 bits per heavy atom. The van der Waals surface area contributed by atoms with Gasteiger partial charge in [0.05, 0.1) is 12.1 Å². The van der Waals surface area contributed by atoms with Crippen molar-refractivity contribution in [2.45, 2.75) is 6.54 Å². The van der Waals surface area contributed by atoms with Crippen LogP contribution in [0.2, 0.25) is 5.02 Å².